The zero-order valence-corrected chi connectivity index (χ0v) is 9.09. The van der Waals surface area contributed by atoms with E-state index in [-0.39, 0.29) is 17.2 Å². The van der Waals surface area contributed by atoms with Crippen LogP contribution < -0.4 is 5.32 Å². The molecule has 5 heteroatoms. The van der Waals surface area contributed by atoms with Crippen LogP contribution in [0.2, 0.25) is 0 Å². The summed E-state index contributed by atoms with van der Waals surface area (Å²) in [5.41, 5.74) is 0.222. The second-order valence-electron chi connectivity index (χ2n) is 3.48. The monoisotopic (exact) mass is 232 g/mol. The van der Waals surface area contributed by atoms with E-state index < -0.39 is 0 Å². The number of rotatable bonds is 4. The maximum Gasteiger partial charge on any atom is 0.255 e. The van der Waals surface area contributed by atoms with Crippen molar-refractivity contribution in [1.29, 1.82) is 0 Å². The Kier molecular flexibility index (Phi) is 3.40. The molecule has 2 heterocycles. The molecule has 0 atom stereocenters. The molecular weight excluding hydrogens is 220 g/mol. The van der Waals surface area contributed by atoms with E-state index in [1.54, 1.807) is 12.3 Å². The van der Waals surface area contributed by atoms with Crippen molar-refractivity contribution in [2.45, 2.75) is 6.42 Å². The minimum Gasteiger partial charge on any atom is -0.505 e. The van der Waals surface area contributed by atoms with Gasteiger partial charge in [0, 0.05) is 19.2 Å². The number of amides is 1. The number of furan rings is 1. The molecule has 5 nitrogen and oxygen atoms in total. The van der Waals surface area contributed by atoms with Crippen molar-refractivity contribution in [2.75, 3.05) is 6.54 Å². The van der Waals surface area contributed by atoms with Gasteiger partial charge in [0.25, 0.3) is 5.91 Å². The standard InChI is InChI=1S/C12H12N2O3/c15-11-8-13-5-4-10(11)12(16)14-6-3-9-2-1-7-17-9/h1-2,4-5,7-8,15H,3,6H2,(H,14,16). The third kappa shape index (κ3) is 2.84. The number of hydrogen-bond acceptors (Lipinski definition) is 4. The first-order valence-electron chi connectivity index (χ1n) is 5.21. The van der Waals surface area contributed by atoms with Crippen LogP contribution in [0.3, 0.4) is 0 Å². The minimum atomic E-state index is -0.323. The van der Waals surface area contributed by atoms with Gasteiger partial charge in [0.15, 0.2) is 0 Å². The summed E-state index contributed by atoms with van der Waals surface area (Å²) in [6, 6.07) is 5.11. The summed E-state index contributed by atoms with van der Waals surface area (Å²) in [5, 5.41) is 12.1. The largest absolute Gasteiger partial charge is 0.505 e. The van der Waals surface area contributed by atoms with Gasteiger partial charge in [-0.25, -0.2) is 0 Å². The smallest absolute Gasteiger partial charge is 0.255 e. The molecule has 0 spiro atoms. The van der Waals surface area contributed by atoms with Crippen molar-refractivity contribution in [1.82, 2.24) is 10.3 Å². The molecule has 0 radical (unpaired) electrons. The number of hydrogen-bond donors (Lipinski definition) is 2. The molecule has 2 aromatic heterocycles. The Morgan fingerprint density at radius 3 is 3.06 bits per heavy atom. The highest BCUT2D eigenvalue weighted by molar-refractivity contribution is 5.96. The number of aromatic hydroxyl groups is 1. The van der Waals surface area contributed by atoms with Crippen molar-refractivity contribution in [3.8, 4) is 5.75 Å². The van der Waals surface area contributed by atoms with E-state index in [0.29, 0.717) is 13.0 Å². The minimum absolute atomic E-state index is 0.122. The van der Waals surface area contributed by atoms with E-state index >= 15 is 0 Å². The van der Waals surface area contributed by atoms with Crippen LogP contribution in [0.25, 0.3) is 0 Å². The van der Waals surface area contributed by atoms with E-state index in [1.807, 2.05) is 6.07 Å². The lowest BCUT2D eigenvalue weighted by Crippen LogP contribution is -2.25. The topological polar surface area (TPSA) is 75.4 Å². The lowest BCUT2D eigenvalue weighted by atomic mass is 10.2. The Balaban J connectivity index is 1.88. The number of carbonyl (C=O) groups excluding carboxylic acids is 1. The fraction of sp³-hybridized carbons (Fsp3) is 0.167. The Morgan fingerprint density at radius 1 is 1.47 bits per heavy atom. The highest BCUT2D eigenvalue weighted by atomic mass is 16.3. The van der Waals surface area contributed by atoms with Crippen molar-refractivity contribution in [3.63, 3.8) is 0 Å². The zero-order chi connectivity index (χ0) is 12.1. The summed E-state index contributed by atoms with van der Waals surface area (Å²) >= 11 is 0. The predicted molar refractivity (Wildman–Crippen MR) is 60.6 cm³/mol. The quantitative estimate of drug-likeness (QED) is 0.834. The van der Waals surface area contributed by atoms with Gasteiger partial charge in [0.05, 0.1) is 18.0 Å². The van der Waals surface area contributed by atoms with Crippen LogP contribution >= 0.6 is 0 Å². The van der Waals surface area contributed by atoms with Crippen molar-refractivity contribution in [2.24, 2.45) is 0 Å². The number of carbonyl (C=O) groups is 1. The van der Waals surface area contributed by atoms with Crippen molar-refractivity contribution >= 4 is 5.91 Å². The second-order valence-corrected chi connectivity index (χ2v) is 3.48. The van der Waals surface area contributed by atoms with E-state index in [4.69, 9.17) is 4.42 Å². The highest BCUT2D eigenvalue weighted by Gasteiger charge is 2.09. The summed E-state index contributed by atoms with van der Waals surface area (Å²) in [7, 11) is 0. The molecule has 0 aliphatic rings. The maximum absolute atomic E-state index is 11.7. The molecule has 0 saturated carbocycles. The summed E-state index contributed by atoms with van der Waals surface area (Å²) < 4.78 is 5.13. The SMILES string of the molecule is O=C(NCCc1ccco1)c1ccncc1O. The third-order valence-corrected chi connectivity index (χ3v) is 2.28. The average molecular weight is 232 g/mol. The summed E-state index contributed by atoms with van der Waals surface area (Å²) in [5.74, 6) is 0.365. The molecular formula is C12H12N2O3. The van der Waals surface area contributed by atoms with Crippen LogP contribution in [-0.4, -0.2) is 22.5 Å². The number of pyridine rings is 1. The second kappa shape index (κ2) is 5.16. The fourth-order valence-corrected chi connectivity index (χ4v) is 1.43. The predicted octanol–water partition coefficient (Wildman–Crippen LogP) is 1.35. The lowest BCUT2D eigenvalue weighted by Gasteiger charge is -2.05. The first-order valence-corrected chi connectivity index (χ1v) is 5.21. The zero-order valence-electron chi connectivity index (χ0n) is 9.09. The number of aromatic nitrogens is 1. The van der Waals surface area contributed by atoms with Gasteiger partial charge in [0.1, 0.15) is 11.5 Å². The van der Waals surface area contributed by atoms with Crippen molar-refractivity contribution < 1.29 is 14.3 Å². The lowest BCUT2D eigenvalue weighted by molar-refractivity contribution is 0.0951. The molecule has 0 aliphatic heterocycles. The van der Waals surface area contributed by atoms with Crippen LogP contribution in [0.1, 0.15) is 16.1 Å². The number of nitrogens with one attached hydrogen (secondary N) is 1. The molecule has 1 amide bonds. The van der Waals surface area contributed by atoms with Crippen LogP contribution in [0, 0.1) is 0 Å². The summed E-state index contributed by atoms with van der Waals surface area (Å²) in [6.07, 6.45) is 4.90. The Hall–Kier alpha value is -2.30. The molecule has 0 aromatic carbocycles. The first kappa shape index (κ1) is 11.2. The van der Waals surface area contributed by atoms with E-state index in [0.717, 1.165) is 5.76 Å². The molecule has 17 heavy (non-hydrogen) atoms. The van der Waals surface area contributed by atoms with Gasteiger partial charge in [-0.05, 0) is 18.2 Å². The van der Waals surface area contributed by atoms with E-state index in [2.05, 4.69) is 10.3 Å². The molecule has 0 unspecified atom stereocenters. The molecule has 2 rings (SSSR count). The molecule has 88 valence electrons. The van der Waals surface area contributed by atoms with Gasteiger partial charge < -0.3 is 14.8 Å². The van der Waals surface area contributed by atoms with Gasteiger partial charge in [-0.15, -0.1) is 0 Å². The van der Waals surface area contributed by atoms with Gasteiger partial charge in [-0.1, -0.05) is 0 Å². The molecule has 0 saturated heterocycles. The molecule has 2 N–H and O–H groups in total. The summed E-state index contributed by atoms with van der Waals surface area (Å²) in [4.78, 5) is 15.4. The van der Waals surface area contributed by atoms with Crippen LogP contribution in [0.4, 0.5) is 0 Å². The highest BCUT2D eigenvalue weighted by Crippen LogP contribution is 2.13. The molecule has 0 fully saturated rings. The Morgan fingerprint density at radius 2 is 2.35 bits per heavy atom. The Labute approximate surface area is 98.1 Å². The van der Waals surface area contributed by atoms with Crippen LogP contribution in [0.15, 0.2) is 41.3 Å². The fourth-order valence-electron chi connectivity index (χ4n) is 1.43. The molecule has 2 aromatic rings. The van der Waals surface area contributed by atoms with Gasteiger partial charge >= 0.3 is 0 Å². The van der Waals surface area contributed by atoms with Gasteiger partial charge in [-0.3, -0.25) is 9.78 Å². The van der Waals surface area contributed by atoms with Crippen molar-refractivity contribution in [3.05, 3.63) is 48.2 Å². The van der Waals surface area contributed by atoms with Gasteiger partial charge in [0.2, 0.25) is 0 Å². The van der Waals surface area contributed by atoms with E-state index in [9.17, 15) is 9.90 Å². The average Bonchev–Trinajstić information content (AvgIpc) is 2.82. The number of nitrogens with zero attached hydrogens (tertiary/aromatic N) is 1. The third-order valence-electron chi connectivity index (χ3n) is 2.28. The summed E-state index contributed by atoms with van der Waals surface area (Å²) in [6.45, 7) is 0.452. The maximum atomic E-state index is 11.7. The normalized spacial score (nSPS) is 10.1. The first-order chi connectivity index (χ1) is 8.27. The van der Waals surface area contributed by atoms with Gasteiger partial charge in [-0.2, -0.15) is 0 Å². The molecule has 0 aliphatic carbocycles. The van der Waals surface area contributed by atoms with Crippen LogP contribution in [-0.2, 0) is 6.42 Å². The van der Waals surface area contributed by atoms with E-state index in [1.165, 1.54) is 18.5 Å². The molecule has 0 bridgehead atoms. The van der Waals surface area contributed by atoms with Crippen LogP contribution in [0.5, 0.6) is 5.75 Å². The Bertz CT molecular complexity index is 494.